The summed E-state index contributed by atoms with van der Waals surface area (Å²) in [7, 11) is 0. The molecule has 0 rings (SSSR count). The lowest BCUT2D eigenvalue weighted by Crippen LogP contribution is -2.07. The average Bonchev–Trinajstić information content (AvgIpc) is 3.03. The normalized spacial score (nSPS) is 11.1. The third kappa shape index (κ3) is 41.1. The van der Waals surface area contributed by atoms with Crippen LogP contribution in [0.15, 0.2) is 0 Å². The zero-order valence-electron chi connectivity index (χ0n) is 24.4. The molecule has 0 heterocycles. The molecule has 0 aromatic rings. The highest BCUT2D eigenvalue weighted by atomic mass is 32.2. The predicted molar refractivity (Wildman–Crippen MR) is 216 cm³/mol. The summed E-state index contributed by atoms with van der Waals surface area (Å²) >= 11 is 20.3. The maximum Gasteiger partial charge on any atom is 0.316 e. The Hall–Kier alpha value is 2.80. The van der Waals surface area contributed by atoms with Crippen LogP contribution in [0.3, 0.4) is 0 Å². The minimum Gasteiger partial charge on any atom is -0.454 e. The fourth-order valence-corrected chi connectivity index (χ4v) is 13.2. The minimum atomic E-state index is -0.241. The van der Waals surface area contributed by atoms with Crippen LogP contribution in [-0.2, 0) is 38.4 Å². The second-order valence-corrected chi connectivity index (χ2v) is 22.5. The van der Waals surface area contributed by atoms with Crippen molar-refractivity contribution < 1.29 is 48.6 Å². The van der Waals surface area contributed by atoms with Gasteiger partial charge in [0.05, 0.1) is 35.7 Å². The fourth-order valence-electron chi connectivity index (χ4n) is 1.89. The molecule has 45 heavy (non-hydrogen) atoms. The van der Waals surface area contributed by atoms with E-state index < -0.39 is 0 Å². The van der Waals surface area contributed by atoms with Crippen molar-refractivity contribution in [1.82, 2.24) is 0 Å². The number of aliphatic hydroxyl groups is 2. The van der Waals surface area contributed by atoms with Crippen molar-refractivity contribution in [2.45, 2.75) is 0 Å². The molecule has 0 aliphatic rings. The number of hydrogen-bond acceptors (Lipinski definition) is 23. The first-order chi connectivity index (χ1) is 22.1. The van der Waals surface area contributed by atoms with Crippen molar-refractivity contribution >= 4 is 171 Å². The summed E-state index contributed by atoms with van der Waals surface area (Å²) in [4.78, 5) is 45.3. The zero-order valence-corrected chi connectivity index (χ0v) is 35.0. The number of esters is 3. The minimum absolute atomic E-state index is 0.0673. The second kappa shape index (κ2) is 41.2. The molecule has 0 saturated heterocycles. The molecule has 0 unspecified atom stereocenters. The zero-order chi connectivity index (χ0) is 32.9. The van der Waals surface area contributed by atoms with Crippen LogP contribution in [0, 0.1) is 0 Å². The van der Waals surface area contributed by atoms with Gasteiger partial charge in [0.2, 0.25) is 0 Å². The molecule has 23 heteroatoms. The maximum atomic E-state index is 11.8. The van der Waals surface area contributed by atoms with E-state index in [1.165, 1.54) is 70.6 Å². The van der Waals surface area contributed by atoms with Crippen molar-refractivity contribution in [2.75, 3.05) is 106 Å². The third-order valence-electron chi connectivity index (χ3n) is 3.61. The molecule has 0 aromatic heterocycles. The van der Waals surface area contributed by atoms with Crippen molar-refractivity contribution in [3.05, 3.63) is 0 Å². The molecule has 0 radical (unpaired) electrons. The first-order valence-electron chi connectivity index (χ1n) is 12.5. The molecule has 0 aliphatic carbocycles. The van der Waals surface area contributed by atoms with Crippen LogP contribution in [-0.4, -0.2) is 134 Å². The Kier molecular flexibility index (Phi) is 43.8. The maximum absolute atomic E-state index is 11.8. The summed E-state index contributed by atoms with van der Waals surface area (Å²) in [6.07, 6.45) is 0. The van der Waals surface area contributed by atoms with Crippen LogP contribution in [0.25, 0.3) is 0 Å². The van der Waals surface area contributed by atoms with Gasteiger partial charge in [-0.2, -0.15) is 0 Å². The van der Waals surface area contributed by atoms with Crippen molar-refractivity contribution in [1.29, 1.82) is 0 Å². The van der Waals surface area contributed by atoms with Gasteiger partial charge in [0.25, 0.3) is 0 Å². The summed E-state index contributed by atoms with van der Waals surface area (Å²) in [6.45, 7) is 0.519. The van der Waals surface area contributed by atoms with E-state index in [1.54, 1.807) is 82.3 Å². The number of thioether (sulfide) groups is 13. The molecular weight excluding hydrogens is 841 g/mol. The summed E-state index contributed by atoms with van der Waals surface area (Å²) in [5.74, 6) is 2.70. The lowest BCUT2D eigenvalue weighted by molar-refractivity contribution is -0.274. The van der Waals surface area contributed by atoms with Gasteiger partial charge in [-0.1, -0.05) is 0 Å². The molecule has 10 nitrogen and oxygen atoms in total. The summed E-state index contributed by atoms with van der Waals surface area (Å²) < 4.78 is 15.4. The van der Waals surface area contributed by atoms with Crippen LogP contribution >= 0.6 is 153 Å². The quantitative estimate of drug-likeness (QED) is 0.0177. The van der Waals surface area contributed by atoms with E-state index in [0.717, 1.165) is 36.3 Å². The molecule has 0 aliphatic heterocycles. The van der Waals surface area contributed by atoms with Crippen LogP contribution in [0.1, 0.15) is 0 Å². The van der Waals surface area contributed by atoms with Gasteiger partial charge in [-0.05, 0) is 0 Å². The van der Waals surface area contributed by atoms with Crippen LogP contribution in [0.4, 0.5) is 0 Å². The Morgan fingerprint density at radius 2 is 0.756 bits per heavy atom. The molecule has 0 saturated carbocycles. The SMILES string of the molecule is O=C(CSCSCSCCOOCSCSCSCOC(=O)CSCSCSCC(=O)OCSCSCO)OCSCSCO. The van der Waals surface area contributed by atoms with E-state index in [-0.39, 0.29) is 29.8 Å². The van der Waals surface area contributed by atoms with Crippen LogP contribution in [0.5, 0.6) is 0 Å². The number of hydrogen-bond donors (Lipinski definition) is 2. The van der Waals surface area contributed by atoms with Gasteiger partial charge in [0.15, 0.2) is 0 Å². The fraction of sp³-hybridized carbons (Fsp3) is 0.864. The monoisotopic (exact) mass is 880 g/mol. The number of ether oxygens (including phenoxy) is 3. The van der Waals surface area contributed by atoms with Crippen LogP contribution in [0.2, 0.25) is 0 Å². The molecule has 0 aromatic carbocycles. The third-order valence-corrected chi connectivity index (χ3v) is 17.5. The number of carbonyl (C=O) groups is 3. The Morgan fingerprint density at radius 3 is 1.18 bits per heavy atom. The van der Waals surface area contributed by atoms with Gasteiger partial charge in [0, 0.05) is 46.4 Å². The first-order valence-corrected chi connectivity index (χ1v) is 27.5. The topological polar surface area (TPSA) is 138 Å². The smallest absolute Gasteiger partial charge is 0.316 e. The van der Waals surface area contributed by atoms with Crippen molar-refractivity contribution in [3.8, 4) is 0 Å². The van der Waals surface area contributed by atoms with E-state index in [1.807, 2.05) is 0 Å². The number of rotatable bonds is 36. The van der Waals surface area contributed by atoms with Gasteiger partial charge in [-0.25, -0.2) is 9.78 Å². The van der Waals surface area contributed by atoms with Crippen molar-refractivity contribution in [3.63, 3.8) is 0 Å². The number of carbonyl (C=O) groups excluding carboxylic acids is 3. The largest absolute Gasteiger partial charge is 0.454 e. The molecule has 0 fully saturated rings. The second-order valence-electron chi connectivity index (χ2n) is 6.95. The van der Waals surface area contributed by atoms with E-state index >= 15 is 0 Å². The Bertz CT molecular complexity index is 692. The Morgan fingerprint density at radius 1 is 0.400 bits per heavy atom. The lowest BCUT2D eigenvalue weighted by Gasteiger charge is -2.06. The highest BCUT2D eigenvalue weighted by molar-refractivity contribution is 8.24. The highest BCUT2D eigenvalue weighted by Crippen LogP contribution is 2.21. The molecule has 2 N–H and O–H groups in total. The van der Waals surface area contributed by atoms with E-state index in [2.05, 4.69) is 0 Å². The Labute approximate surface area is 322 Å². The molecule has 0 spiro atoms. The average molecular weight is 881 g/mol. The van der Waals surface area contributed by atoms with Gasteiger partial charge in [0.1, 0.15) is 23.8 Å². The van der Waals surface area contributed by atoms with Gasteiger partial charge in [-0.3, -0.25) is 14.4 Å². The van der Waals surface area contributed by atoms with Crippen molar-refractivity contribution in [2.24, 2.45) is 0 Å². The molecular formula is C22H40O10S13. The van der Waals surface area contributed by atoms with Gasteiger partial charge < -0.3 is 24.4 Å². The highest BCUT2D eigenvalue weighted by Gasteiger charge is 2.06. The molecule has 0 atom stereocenters. The molecule has 0 bridgehead atoms. The predicted octanol–water partition coefficient (Wildman–Crippen LogP) is 6.49. The lowest BCUT2D eigenvalue weighted by atomic mass is 10.8. The first kappa shape index (κ1) is 47.8. The van der Waals surface area contributed by atoms with Crippen LogP contribution < -0.4 is 0 Å². The van der Waals surface area contributed by atoms with E-state index in [9.17, 15) is 14.4 Å². The Balaban J connectivity index is 3.24. The van der Waals surface area contributed by atoms with Gasteiger partial charge >= 0.3 is 17.9 Å². The summed E-state index contributed by atoms with van der Waals surface area (Å²) in [5, 5.41) is 23.6. The molecule has 266 valence electrons. The number of aliphatic hydroxyl groups excluding tert-OH is 2. The standard InChI is InChI=1S/C22H40O10S13/c23-6-37-16-39-8-28-20(25)3-34-13-43-12-33-2-1-31-32-11-42-19-45-18-41-10-30-22(27)5-36-15-44-14-35-4-21(26)29-9-40-17-38-7-24/h23-24H,1-19H2. The van der Waals surface area contributed by atoms with Gasteiger partial charge in [-0.15, -0.1) is 153 Å². The van der Waals surface area contributed by atoms with E-state index in [4.69, 9.17) is 34.2 Å². The molecule has 0 amide bonds. The summed E-state index contributed by atoms with van der Waals surface area (Å²) in [6, 6.07) is 0. The van der Waals surface area contributed by atoms with E-state index in [0.29, 0.717) is 57.8 Å². The summed E-state index contributed by atoms with van der Waals surface area (Å²) in [5.41, 5.74) is 0.